The van der Waals surface area contributed by atoms with E-state index in [-0.39, 0.29) is 4.90 Å². The highest BCUT2D eigenvalue weighted by Crippen LogP contribution is 2.23. The van der Waals surface area contributed by atoms with E-state index in [1.165, 1.54) is 0 Å². The van der Waals surface area contributed by atoms with Crippen molar-refractivity contribution in [1.29, 1.82) is 0 Å². The third-order valence-electron chi connectivity index (χ3n) is 4.71. The Kier molecular flexibility index (Phi) is 6.84. The predicted octanol–water partition coefficient (Wildman–Crippen LogP) is 4.28. The van der Waals surface area contributed by atoms with Gasteiger partial charge in [0.05, 0.1) is 0 Å². The van der Waals surface area contributed by atoms with Crippen molar-refractivity contribution in [3.8, 4) is 5.75 Å². The number of benzene rings is 2. The molecule has 0 saturated heterocycles. The lowest BCUT2D eigenvalue weighted by Crippen LogP contribution is -2.34. The van der Waals surface area contributed by atoms with Crippen molar-refractivity contribution in [2.45, 2.75) is 44.6 Å². The van der Waals surface area contributed by atoms with Crippen LogP contribution in [0.15, 0.2) is 53.4 Å². The highest BCUT2D eigenvalue weighted by molar-refractivity contribution is 7.87. The Morgan fingerprint density at radius 1 is 1.08 bits per heavy atom. The molecular weight excluding hydrogens is 346 g/mol. The molecule has 0 bridgehead atoms. The van der Waals surface area contributed by atoms with Crippen molar-refractivity contribution in [3.05, 3.63) is 59.7 Å². The fourth-order valence-electron chi connectivity index (χ4n) is 3.39. The van der Waals surface area contributed by atoms with E-state index in [0.29, 0.717) is 17.7 Å². The molecule has 0 aromatic heterocycles. The first-order chi connectivity index (χ1) is 12.2. The maximum Gasteiger partial charge on any atom is 0.339 e. The molecule has 0 fully saturated rings. The minimum Gasteiger partial charge on any atom is -0.379 e. The number of hydrogen-bond acceptors (Lipinski definition) is 4. The Bertz CT molecular complexity index is 813. The molecule has 2 aromatic carbocycles. The van der Waals surface area contributed by atoms with Gasteiger partial charge in [-0.1, -0.05) is 43.7 Å². The van der Waals surface area contributed by atoms with Gasteiger partial charge >= 0.3 is 10.1 Å². The van der Waals surface area contributed by atoms with Crippen LogP contribution in [0, 0.1) is 12.8 Å². The van der Waals surface area contributed by atoms with E-state index >= 15 is 0 Å². The van der Waals surface area contributed by atoms with E-state index in [1.54, 1.807) is 30.3 Å². The molecule has 26 heavy (non-hydrogen) atoms. The van der Waals surface area contributed by atoms with Crippen LogP contribution < -0.4 is 4.18 Å². The molecule has 2 unspecified atom stereocenters. The van der Waals surface area contributed by atoms with Crippen LogP contribution in [0.5, 0.6) is 5.75 Å². The molecule has 0 N–H and O–H groups in total. The van der Waals surface area contributed by atoms with Gasteiger partial charge in [0, 0.05) is 6.04 Å². The molecule has 142 valence electrons. The van der Waals surface area contributed by atoms with Gasteiger partial charge < -0.3 is 9.08 Å². The fraction of sp³-hybridized carbons (Fsp3) is 0.429. The van der Waals surface area contributed by atoms with Gasteiger partial charge in [-0.2, -0.15) is 8.42 Å². The summed E-state index contributed by atoms with van der Waals surface area (Å²) >= 11 is 0. The van der Waals surface area contributed by atoms with Crippen LogP contribution in [-0.2, 0) is 16.5 Å². The van der Waals surface area contributed by atoms with E-state index in [1.807, 2.05) is 25.1 Å². The van der Waals surface area contributed by atoms with Crippen molar-refractivity contribution >= 4 is 10.1 Å². The first kappa shape index (κ1) is 20.5. The molecule has 0 aliphatic carbocycles. The summed E-state index contributed by atoms with van der Waals surface area (Å²) < 4.78 is 30.3. The average Bonchev–Trinajstić information content (AvgIpc) is 2.55. The second-order valence-electron chi connectivity index (χ2n) is 7.12. The summed E-state index contributed by atoms with van der Waals surface area (Å²) in [5, 5.41) is 0. The summed E-state index contributed by atoms with van der Waals surface area (Å²) in [6.07, 6.45) is 1.95. The van der Waals surface area contributed by atoms with Crippen molar-refractivity contribution in [3.63, 3.8) is 0 Å². The Labute approximate surface area is 157 Å². The monoisotopic (exact) mass is 375 g/mol. The molecule has 2 aromatic rings. The molecule has 5 heteroatoms. The van der Waals surface area contributed by atoms with Gasteiger partial charge in [0.1, 0.15) is 10.6 Å². The topological polar surface area (TPSA) is 46.6 Å². The number of hydrogen-bond donors (Lipinski definition) is 0. The normalized spacial score (nSPS) is 14.2. The zero-order valence-electron chi connectivity index (χ0n) is 16.3. The molecule has 0 radical (unpaired) electrons. The standard InChI is InChI=1S/C21H29NO3S/c1-6-21(22(4)5)17(3)14-18-8-7-9-19(15-18)25-26(23,24)20-12-10-16(2)11-13-20/h7-13,15,17,21H,6,14H2,1-5H3. The second-order valence-corrected chi connectivity index (χ2v) is 8.66. The summed E-state index contributed by atoms with van der Waals surface area (Å²) in [5.74, 6) is 0.812. The third kappa shape index (κ3) is 5.32. The van der Waals surface area contributed by atoms with Crippen LogP contribution in [0.25, 0.3) is 0 Å². The summed E-state index contributed by atoms with van der Waals surface area (Å²) in [6, 6.07) is 14.5. The Morgan fingerprint density at radius 3 is 2.31 bits per heavy atom. The Hall–Kier alpha value is -1.85. The van der Waals surface area contributed by atoms with Crippen LogP contribution in [0.4, 0.5) is 0 Å². The number of nitrogens with zero attached hydrogens (tertiary/aromatic N) is 1. The van der Waals surface area contributed by atoms with Crippen molar-refractivity contribution in [1.82, 2.24) is 4.90 Å². The van der Waals surface area contributed by atoms with E-state index in [2.05, 4.69) is 32.8 Å². The number of aryl methyl sites for hydroxylation is 1. The number of rotatable bonds is 8. The third-order valence-corrected chi connectivity index (χ3v) is 5.97. The summed E-state index contributed by atoms with van der Waals surface area (Å²) in [5.41, 5.74) is 2.08. The van der Waals surface area contributed by atoms with Gasteiger partial charge in [-0.3, -0.25) is 0 Å². The van der Waals surface area contributed by atoms with Gasteiger partial charge in [0.25, 0.3) is 0 Å². The maximum atomic E-state index is 12.5. The lowest BCUT2D eigenvalue weighted by atomic mass is 9.91. The first-order valence-corrected chi connectivity index (χ1v) is 10.4. The van der Waals surface area contributed by atoms with Crippen LogP contribution in [-0.4, -0.2) is 33.5 Å². The summed E-state index contributed by atoms with van der Waals surface area (Å²) in [7, 11) is 0.373. The summed E-state index contributed by atoms with van der Waals surface area (Å²) in [4.78, 5) is 2.41. The molecule has 0 aliphatic heterocycles. The highest BCUT2D eigenvalue weighted by Gasteiger charge is 2.19. The van der Waals surface area contributed by atoms with Crippen molar-refractivity contribution in [2.24, 2.45) is 5.92 Å². The minimum absolute atomic E-state index is 0.167. The highest BCUT2D eigenvalue weighted by atomic mass is 32.2. The van der Waals surface area contributed by atoms with Gasteiger partial charge in [-0.15, -0.1) is 0 Å². The van der Waals surface area contributed by atoms with E-state index in [4.69, 9.17) is 4.18 Å². The van der Waals surface area contributed by atoms with Gasteiger partial charge in [-0.05, 0) is 69.6 Å². The minimum atomic E-state index is -3.82. The van der Waals surface area contributed by atoms with E-state index in [0.717, 1.165) is 24.0 Å². The van der Waals surface area contributed by atoms with E-state index < -0.39 is 10.1 Å². The Balaban J connectivity index is 2.15. The molecule has 0 saturated carbocycles. The van der Waals surface area contributed by atoms with Gasteiger partial charge in [-0.25, -0.2) is 0 Å². The first-order valence-electron chi connectivity index (χ1n) is 8.99. The molecule has 2 atom stereocenters. The largest absolute Gasteiger partial charge is 0.379 e. The molecule has 0 heterocycles. The second kappa shape index (κ2) is 8.69. The SMILES string of the molecule is CCC(C(C)Cc1cccc(OS(=O)(=O)c2ccc(C)cc2)c1)N(C)C. The predicted molar refractivity (Wildman–Crippen MR) is 106 cm³/mol. The molecule has 0 amide bonds. The van der Waals surface area contributed by atoms with Crippen LogP contribution in [0.2, 0.25) is 0 Å². The molecular formula is C21H29NO3S. The van der Waals surface area contributed by atoms with Gasteiger partial charge in [0.2, 0.25) is 0 Å². The van der Waals surface area contributed by atoms with Crippen molar-refractivity contribution < 1.29 is 12.6 Å². The van der Waals surface area contributed by atoms with Gasteiger partial charge in [0.15, 0.2) is 0 Å². The molecule has 0 spiro atoms. The average molecular weight is 376 g/mol. The maximum absolute atomic E-state index is 12.5. The molecule has 2 rings (SSSR count). The molecule has 4 nitrogen and oxygen atoms in total. The van der Waals surface area contributed by atoms with Crippen LogP contribution in [0.3, 0.4) is 0 Å². The van der Waals surface area contributed by atoms with E-state index in [9.17, 15) is 8.42 Å². The Morgan fingerprint density at radius 2 is 1.73 bits per heavy atom. The zero-order valence-corrected chi connectivity index (χ0v) is 17.1. The lowest BCUT2D eigenvalue weighted by molar-refractivity contribution is 0.213. The molecule has 0 aliphatic rings. The smallest absolute Gasteiger partial charge is 0.339 e. The fourth-order valence-corrected chi connectivity index (χ4v) is 4.31. The van der Waals surface area contributed by atoms with Crippen LogP contribution in [0.1, 0.15) is 31.4 Å². The summed E-state index contributed by atoms with van der Waals surface area (Å²) in [6.45, 7) is 6.33. The lowest BCUT2D eigenvalue weighted by Gasteiger charge is -2.29. The quantitative estimate of drug-likeness (QED) is 0.646. The van der Waals surface area contributed by atoms with Crippen LogP contribution >= 0.6 is 0 Å². The van der Waals surface area contributed by atoms with Crippen molar-refractivity contribution in [2.75, 3.05) is 14.1 Å². The zero-order chi connectivity index (χ0) is 19.3.